The van der Waals surface area contributed by atoms with E-state index in [1.165, 1.54) is 13.2 Å². The van der Waals surface area contributed by atoms with Gasteiger partial charge >= 0.3 is 0 Å². The molecule has 0 aromatic heterocycles. The van der Waals surface area contributed by atoms with Crippen molar-refractivity contribution >= 4 is 5.57 Å². The molecule has 0 radical (unpaired) electrons. The zero-order valence-corrected chi connectivity index (χ0v) is 10.0. The first-order valence-electron chi connectivity index (χ1n) is 5.34. The third-order valence-corrected chi connectivity index (χ3v) is 2.45. The van der Waals surface area contributed by atoms with Gasteiger partial charge in [-0.15, -0.1) is 0 Å². The van der Waals surface area contributed by atoms with E-state index in [-0.39, 0.29) is 11.6 Å². The minimum atomic E-state index is -0.318. The SMILES string of the molecule is CNCCC=C(C)c1ccc(OC)c(F)c1. The molecule has 1 aromatic rings. The molecule has 1 aromatic carbocycles. The molecule has 0 heterocycles. The Morgan fingerprint density at radius 2 is 2.25 bits per heavy atom. The van der Waals surface area contributed by atoms with Crippen LogP contribution in [0.5, 0.6) is 5.75 Å². The number of methoxy groups -OCH3 is 1. The summed E-state index contributed by atoms with van der Waals surface area (Å²) in [6, 6.07) is 5.03. The molecule has 0 amide bonds. The monoisotopic (exact) mass is 223 g/mol. The summed E-state index contributed by atoms with van der Waals surface area (Å²) in [6.45, 7) is 2.91. The Kier molecular flexibility index (Phi) is 4.99. The van der Waals surface area contributed by atoms with Crippen molar-refractivity contribution in [2.75, 3.05) is 20.7 Å². The first kappa shape index (κ1) is 12.7. The van der Waals surface area contributed by atoms with Crippen molar-refractivity contribution < 1.29 is 9.13 Å². The van der Waals surface area contributed by atoms with Gasteiger partial charge in [0.15, 0.2) is 11.6 Å². The summed E-state index contributed by atoms with van der Waals surface area (Å²) in [5.41, 5.74) is 1.98. The fourth-order valence-corrected chi connectivity index (χ4v) is 1.46. The number of ether oxygens (including phenoxy) is 1. The van der Waals surface area contributed by atoms with Crippen molar-refractivity contribution in [2.24, 2.45) is 0 Å². The molecule has 2 nitrogen and oxygen atoms in total. The Morgan fingerprint density at radius 1 is 1.50 bits per heavy atom. The molecule has 0 spiro atoms. The Bertz CT molecular complexity index is 374. The summed E-state index contributed by atoms with van der Waals surface area (Å²) in [7, 11) is 3.38. The average Bonchev–Trinajstić information content (AvgIpc) is 2.29. The van der Waals surface area contributed by atoms with Gasteiger partial charge in [-0.25, -0.2) is 4.39 Å². The van der Waals surface area contributed by atoms with Crippen molar-refractivity contribution in [1.82, 2.24) is 5.32 Å². The molecule has 1 N–H and O–H groups in total. The highest BCUT2D eigenvalue weighted by atomic mass is 19.1. The van der Waals surface area contributed by atoms with Crippen molar-refractivity contribution in [3.8, 4) is 5.75 Å². The summed E-state index contributed by atoms with van der Waals surface area (Å²) in [5.74, 6) is -0.0341. The summed E-state index contributed by atoms with van der Waals surface area (Å²) >= 11 is 0. The molecule has 0 aliphatic rings. The highest BCUT2D eigenvalue weighted by Crippen LogP contribution is 2.22. The van der Waals surface area contributed by atoms with E-state index < -0.39 is 0 Å². The topological polar surface area (TPSA) is 21.3 Å². The molecule has 0 fully saturated rings. The van der Waals surface area contributed by atoms with Crippen LogP contribution >= 0.6 is 0 Å². The fraction of sp³-hybridized carbons (Fsp3) is 0.385. The molecule has 0 aliphatic heterocycles. The fourth-order valence-electron chi connectivity index (χ4n) is 1.46. The molecule has 3 heteroatoms. The molecule has 16 heavy (non-hydrogen) atoms. The minimum absolute atomic E-state index is 0.284. The number of benzene rings is 1. The predicted molar refractivity (Wildman–Crippen MR) is 65.1 cm³/mol. The van der Waals surface area contributed by atoms with E-state index >= 15 is 0 Å². The first-order valence-corrected chi connectivity index (χ1v) is 5.34. The molecule has 0 aliphatic carbocycles. The van der Waals surface area contributed by atoms with Gasteiger partial charge in [-0.1, -0.05) is 12.1 Å². The lowest BCUT2D eigenvalue weighted by Gasteiger charge is -2.05. The number of hydrogen-bond acceptors (Lipinski definition) is 2. The molecule has 0 saturated carbocycles. The van der Waals surface area contributed by atoms with Crippen LogP contribution < -0.4 is 10.1 Å². The smallest absolute Gasteiger partial charge is 0.165 e. The van der Waals surface area contributed by atoms with Crippen molar-refractivity contribution in [2.45, 2.75) is 13.3 Å². The van der Waals surface area contributed by atoms with Gasteiger partial charge in [-0.05, 0) is 50.2 Å². The predicted octanol–water partition coefficient (Wildman–Crippen LogP) is 2.85. The number of halogens is 1. The second-order valence-corrected chi connectivity index (χ2v) is 3.63. The Hall–Kier alpha value is -1.35. The van der Waals surface area contributed by atoms with Crippen LogP contribution in [-0.2, 0) is 0 Å². The maximum Gasteiger partial charge on any atom is 0.165 e. The third kappa shape index (κ3) is 3.35. The van der Waals surface area contributed by atoms with Gasteiger partial charge < -0.3 is 10.1 Å². The van der Waals surface area contributed by atoms with Crippen LogP contribution in [0, 0.1) is 5.82 Å². The molecule has 0 unspecified atom stereocenters. The molecule has 1 rings (SSSR count). The normalized spacial score (nSPS) is 11.6. The summed E-state index contributed by atoms with van der Waals surface area (Å²) < 4.78 is 18.3. The van der Waals surface area contributed by atoms with Crippen LogP contribution in [0.25, 0.3) is 5.57 Å². The third-order valence-electron chi connectivity index (χ3n) is 2.45. The molecule has 0 atom stereocenters. The van der Waals surface area contributed by atoms with Crippen LogP contribution in [0.15, 0.2) is 24.3 Å². The molecule has 88 valence electrons. The average molecular weight is 223 g/mol. The Labute approximate surface area is 96.1 Å². The summed E-state index contributed by atoms with van der Waals surface area (Å²) in [5, 5.41) is 3.07. The second-order valence-electron chi connectivity index (χ2n) is 3.63. The van der Waals surface area contributed by atoms with E-state index in [2.05, 4.69) is 11.4 Å². The van der Waals surface area contributed by atoms with Crippen molar-refractivity contribution in [3.05, 3.63) is 35.7 Å². The molecular weight excluding hydrogens is 205 g/mol. The number of rotatable bonds is 5. The van der Waals surface area contributed by atoms with Gasteiger partial charge in [0.25, 0.3) is 0 Å². The maximum atomic E-state index is 13.4. The van der Waals surface area contributed by atoms with Crippen LogP contribution in [0.1, 0.15) is 18.9 Å². The van der Waals surface area contributed by atoms with E-state index in [1.54, 1.807) is 6.07 Å². The molecular formula is C13H18FNO. The van der Waals surface area contributed by atoms with Gasteiger partial charge in [0.2, 0.25) is 0 Å². The second kappa shape index (κ2) is 6.28. The van der Waals surface area contributed by atoms with Crippen LogP contribution in [0.3, 0.4) is 0 Å². The number of hydrogen-bond donors (Lipinski definition) is 1. The quantitative estimate of drug-likeness (QED) is 0.775. The van der Waals surface area contributed by atoms with E-state index in [9.17, 15) is 4.39 Å². The summed E-state index contributed by atoms with van der Waals surface area (Å²) in [4.78, 5) is 0. The zero-order chi connectivity index (χ0) is 12.0. The van der Waals surface area contributed by atoms with Crippen LogP contribution in [0.4, 0.5) is 4.39 Å². The minimum Gasteiger partial charge on any atom is -0.494 e. The first-order chi connectivity index (χ1) is 7.69. The van der Waals surface area contributed by atoms with E-state index in [4.69, 9.17) is 4.74 Å². The highest BCUT2D eigenvalue weighted by molar-refractivity contribution is 5.64. The number of nitrogens with one attached hydrogen (secondary N) is 1. The summed E-state index contributed by atoms with van der Waals surface area (Å²) in [6.07, 6.45) is 3.04. The van der Waals surface area contributed by atoms with Gasteiger partial charge in [-0.3, -0.25) is 0 Å². The molecule has 0 bridgehead atoms. The van der Waals surface area contributed by atoms with Gasteiger partial charge in [-0.2, -0.15) is 0 Å². The van der Waals surface area contributed by atoms with E-state index in [0.717, 1.165) is 24.1 Å². The van der Waals surface area contributed by atoms with Gasteiger partial charge in [0.1, 0.15) is 0 Å². The number of allylic oxidation sites excluding steroid dienone is 1. The molecule has 0 saturated heterocycles. The van der Waals surface area contributed by atoms with E-state index in [0.29, 0.717) is 0 Å². The lowest BCUT2D eigenvalue weighted by atomic mass is 10.1. The van der Waals surface area contributed by atoms with Crippen LogP contribution in [0.2, 0.25) is 0 Å². The van der Waals surface area contributed by atoms with Crippen molar-refractivity contribution in [3.63, 3.8) is 0 Å². The van der Waals surface area contributed by atoms with E-state index in [1.807, 2.05) is 20.0 Å². The maximum absolute atomic E-state index is 13.4. The largest absolute Gasteiger partial charge is 0.494 e. The van der Waals surface area contributed by atoms with Crippen molar-refractivity contribution in [1.29, 1.82) is 0 Å². The van der Waals surface area contributed by atoms with Gasteiger partial charge in [0.05, 0.1) is 7.11 Å². The van der Waals surface area contributed by atoms with Crippen LogP contribution in [-0.4, -0.2) is 20.7 Å². The lowest BCUT2D eigenvalue weighted by Crippen LogP contribution is -2.06. The standard InChI is InChI=1S/C13H18FNO/c1-10(5-4-8-15-2)11-6-7-13(16-3)12(14)9-11/h5-7,9,15H,4,8H2,1-3H3. The lowest BCUT2D eigenvalue weighted by molar-refractivity contribution is 0.386. The Morgan fingerprint density at radius 3 is 2.81 bits per heavy atom. The highest BCUT2D eigenvalue weighted by Gasteiger charge is 2.03. The Balaban J connectivity index is 2.80. The zero-order valence-electron chi connectivity index (χ0n) is 10.0. The van der Waals surface area contributed by atoms with Gasteiger partial charge in [0, 0.05) is 0 Å².